The molecule has 0 spiro atoms. The smallest absolute Gasteiger partial charge is 0.303 e. The number of rotatable bonds is 3. The number of hydrogen-bond donors (Lipinski definition) is 2. The first-order chi connectivity index (χ1) is 10.1. The van der Waals surface area contributed by atoms with Gasteiger partial charge in [-0.25, -0.2) is 0 Å². The third-order valence-electron chi connectivity index (χ3n) is 3.48. The Kier molecular flexibility index (Phi) is 3.60. The second-order valence-corrected chi connectivity index (χ2v) is 6.53. The van der Waals surface area contributed by atoms with Gasteiger partial charge in [-0.15, -0.1) is 5.10 Å². The number of Topliss-reactive ketones (excluding diaryl/α,β-unsaturated/α-hetero) is 1. The number of anilines is 1. The molecule has 3 heterocycles. The van der Waals surface area contributed by atoms with Gasteiger partial charge in [0.1, 0.15) is 0 Å². The summed E-state index contributed by atoms with van der Waals surface area (Å²) in [6.45, 7) is 1.05. The Morgan fingerprint density at radius 1 is 1.33 bits per heavy atom. The fourth-order valence-electron chi connectivity index (χ4n) is 2.43. The summed E-state index contributed by atoms with van der Waals surface area (Å²) in [6, 6.07) is 3.11. The molecule has 0 bridgehead atoms. The quantitative estimate of drug-likeness (QED) is 0.791. The first kappa shape index (κ1) is 14.0. The van der Waals surface area contributed by atoms with Crippen LogP contribution in [0.3, 0.4) is 0 Å². The lowest BCUT2D eigenvalue weighted by atomic mass is 9.98. The highest BCUT2D eigenvalue weighted by Gasteiger charge is 2.32. The number of carbonyl (C=O) groups excluding carboxylic acids is 1. The van der Waals surface area contributed by atoms with Crippen LogP contribution in [0.4, 0.5) is 5.82 Å². The molecule has 3 rings (SSSR count). The summed E-state index contributed by atoms with van der Waals surface area (Å²) < 4.78 is 28.3. The van der Waals surface area contributed by atoms with Gasteiger partial charge >= 0.3 is 10.2 Å². The maximum absolute atomic E-state index is 12.3. The molecule has 0 saturated carbocycles. The highest BCUT2D eigenvalue weighted by molar-refractivity contribution is 7.90. The van der Waals surface area contributed by atoms with E-state index in [-0.39, 0.29) is 18.1 Å². The van der Waals surface area contributed by atoms with Crippen LogP contribution in [0.2, 0.25) is 0 Å². The number of ketones is 1. The summed E-state index contributed by atoms with van der Waals surface area (Å²) >= 11 is 0. The molecule has 8 nitrogen and oxygen atoms in total. The zero-order chi connectivity index (χ0) is 14.9. The Bertz CT molecular complexity index is 686. The average Bonchev–Trinajstić information content (AvgIpc) is 2.48. The molecule has 0 atom stereocenters. The van der Waals surface area contributed by atoms with Crippen molar-refractivity contribution in [2.24, 2.45) is 0 Å². The lowest BCUT2D eigenvalue weighted by Gasteiger charge is -2.32. The van der Waals surface area contributed by atoms with Gasteiger partial charge in [-0.2, -0.15) is 17.8 Å². The zero-order valence-electron chi connectivity index (χ0n) is 11.2. The molecule has 0 unspecified atom stereocenters. The van der Waals surface area contributed by atoms with Crippen LogP contribution in [-0.2, 0) is 15.0 Å². The van der Waals surface area contributed by atoms with Crippen LogP contribution in [0, 0.1) is 0 Å². The molecule has 1 aromatic rings. The minimum absolute atomic E-state index is 0.0168. The van der Waals surface area contributed by atoms with Crippen molar-refractivity contribution in [3.8, 4) is 0 Å². The summed E-state index contributed by atoms with van der Waals surface area (Å²) in [6.07, 6.45) is 2.38. The van der Waals surface area contributed by atoms with Crippen molar-refractivity contribution in [1.29, 1.82) is 0 Å². The van der Waals surface area contributed by atoms with Crippen molar-refractivity contribution >= 4 is 21.8 Å². The molecular weight excluding hydrogens is 294 g/mol. The molecule has 2 aliphatic heterocycles. The maximum atomic E-state index is 12.3. The molecule has 0 aliphatic carbocycles. The number of aromatic nitrogens is 2. The van der Waals surface area contributed by atoms with E-state index in [1.165, 1.54) is 16.6 Å². The van der Waals surface area contributed by atoms with E-state index >= 15 is 0 Å². The Labute approximate surface area is 122 Å². The van der Waals surface area contributed by atoms with Crippen LogP contribution in [0.5, 0.6) is 0 Å². The Balaban J connectivity index is 1.79. The van der Waals surface area contributed by atoms with Gasteiger partial charge in [-0.05, 0) is 12.1 Å². The zero-order valence-corrected chi connectivity index (χ0v) is 12.1. The topological polar surface area (TPSA) is 104 Å². The predicted octanol–water partition coefficient (Wildman–Crippen LogP) is -0.344. The van der Waals surface area contributed by atoms with Crippen LogP contribution in [0.25, 0.3) is 0 Å². The highest BCUT2D eigenvalue weighted by atomic mass is 32.2. The van der Waals surface area contributed by atoms with Crippen molar-refractivity contribution in [3.05, 3.63) is 29.6 Å². The number of hydrogen-bond acceptors (Lipinski definition) is 6. The van der Waals surface area contributed by atoms with Gasteiger partial charge in [0.25, 0.3) is 0 Å². The van der Waals surface area contributed by atoms with E-state index in [2.05, 4.69) is 20.2 Å². The molecule has 9 heteroatoms. The van der Waals surface area contributed by atoms with Gasteiger partial charge in [0.05, 0.1) is 0 Å². The number of carbonyl (C=O) groups is 1. The average molecular weight is 309 g/mol. The summed E-state index contributed by atoms with van der Waals surface area (Å²) in [5.74, 6) is 0.175. The molecule has 0 radical (unpaired) electrons. The second kappa shape index (κ2) is 5.41. The molecule has 0 aromatic carbocycles. The van der Waals surface area contributed by atoms with Gasteiger partial charge in [0.15, 0.2) is 11.6 Å². The summed E-state index contributed by atoms with van der Waals surface area (Å²) in [7, 11) is -3.74. The first-order valence-corrected chi connectivity index (χ1v) is 8.05. The Morgan fingerprint density at radius 2 is 2.19 bits per heavy atom. The summed E-state index contributed by atoms with van der Waals surface area (Å²) in [4.78, 5) is 11.9. The predicted molar refractivity (Wildman–Crippen MR) is 75.4 cm³/mol. The lowest BCUT2D eigenvalue weighted by Crippen LogP contribution is -2.45. The minimum atomic E-state index is -3.74. The third-order valence-corrected chi connectivity index (χ3v) is 4.94. The molecular formula is C12H15N5O3S. The standard InChI is InChI=1S/C12H15N5O3S/c18-11-3-6-13-10-4-7-17(8-9(10)11)21(19,20)16-12-2-1-5-14-15-12/h1-2,5,13H,3-4,6-8H2,(H,15,16). The Morgan fingerprint density at radius 3 is 2.95 bits per heavy atom. The van der Waals surface area contributed by atoms with Crippen LogP contribution in [0.15, 0.2) is 29.6 Å². The lowest BCUT2D eigenvalue weighted by molar-refractivity contribution is -0.116. The Hall–Kier alpha value is -2.00. The molecule has 2 aliphatic rings. The normalized spacial score (nSPS) is 19.9. The molecule has 0 fully saturated rings. The monoisotopic (exact) mass is 309 g/mol. The summed E-state index contributed by atoms with van der Waals surface area (Å²) in [5.41, 5.74) is 1.44. The largest absolute Gasteiger partial charge is 0.387 e. The molecule has 112 valence electrons. The van der Waals surface area contributed by atoms with Crippen molar-refractivity contribution in [2.45, 2.75) is 12.8 Å². The second-order valence-electron chi connectivity index (χ2n) is 4.86. The molecule has 0 saturated heterocycles. The van der Waals surface area contributed by atoms with Crippen LogP contribution in [0.1, 0.15) is 12.8 Å². The van der Waals surface area contributed by atoms with Gasteiger partial charge in [0.2, 0.25) is 0 Å². The van der Waals surface area contributed by atoms with Gasteiger partial charge in [0, 0.05) is 49.9 Å². The minimum Gasteiger partial charge on any atom is -0.387 e. The van der Waals surface area contributed by atoms with E-state index in [0.29, 0.717) is 31.5 Å². The fraction of sp³-hybridized carbons (Fsp3) is 0.417. The van der Waals surface area contributed by atoms with Gasteiger partial charge in [-0.3, -0.25) is 9.52 Å². The van der Waals surface area contributed by atoms with E-state index in [9.17, 15) is 13.2 Å². The van der Waals surface area contributed by atoms with Crippen molar-refractivity contribution < 1.29 is 13.2 Å². The van der Waals surface area contributed by atoms with E-state index in [0.717, 1.165) is 5.70 Å². The molecule has 0 amide bonds. The van der Waals surface area contributed by atoms with E-state index in [1.54, 1.807) is 6.07 Å². The van der Waals surface area contributed by atoms with E-state index < -0.39 is 10.2 Å². The molecule has 21 heavy (non-hydrogen) atoms. The maximum Gasteiger partial charge on any atom is 0.303 e. The van der Waals surface area contributed by atoms with Gasteiger partial charge in [-0.1, -0.05) is 0 Å². The van der Waals surface area contributed by atoms with Crippen LogP contribution >= 0.6 is 0 Å². The van der Waals surface area contributed by atoms with E-state index in [4.69, 9.17) is 0 Å². The SMILES string of the molecule is O=C1CCNC2=C1CN(S(=O)(=O)Nc1cccnn1)CC2. The third kappa shape index (κ3) is 2.88. The molecule has 2 N–H and O–H groups in total. The number of nitrogens with zero attached hydrogens (tertiary/aromatic N) is 3. The van der Waals surface area contributed by atoms with Crippen LogP contribution in [-0.4, -0.2) is 48.3 Å². The highest BCUT2D eigenvalue weighted by Crippen LogP contribution is 2.23. The number of nitrogens with one attached hydrogen (secondary N) is 2. The van der Waals surface area contributed by atoms with Crippen molar-refractivity contribution in [1.82, 2.24) is 19.8 Å². The fourth-order valence-corrected chi connectivity index (χ4v) is 3.56. The van der Waals surface area contributed by atoms with Crippen molar-refractivity contribution in [3.63, 3.8) is 0 Å². The van der Waals surface area contributed by atoms with E-state index in [1.807, 2.05) is 0 Å². The summed E-state index contributed by atoms with van der Waals surface area (Å²) in [5, 5.41) is 10.5. The van der Waals surface area contributed by atoms with Crippen molar-refractivity contribution in [2.75, 3.05) is 24.4 Å². The molecule has 1 aromatic heterocycles. The van der Waals surface area contributed by atoms with Crippen LogP contribution < -0.4 is 10.0 Å². The van der Waals surface area contributed by atoms with Gasteiger partial charge < -0.3 is 5.32 Å². The first-order valence-electron chi connectivity index (χ1n) is 6.61.